The van der Waals surface area contributed by atoms with E-state index in [1.54, 1.807) is 6.20 Å². The number of hydrogen-bond acceptors (Lipinski definition) is 5. The molecule has 0 radical (unpaired) electrons. The second kappa shape index (κ2) is 8.58. The normalized spacial score (nSPS) is 17.3. The Morgan fingerprint density at radius 1 is 1.14 bits per heavy atom. The first-order valence-electron chi connectivity index (χ1n) is 12.7. The Balaban J connectivity index is 1.49. The molecule has 4 heterocycles. The highest BCUT2D eigenvalue weighted by Crippen LogP contribution is 2.44. The first kappa shape index (κ1) is 21.9. The molecule has 1 saturated carbocycles. The summed E-state index contributed by atoms with van der Waals surface area (Å²) in [6, 6.07) is 6.54. The molecule has 4 aromatic rings. The van der Waals surface area contributed by atoms with Crippen molar-refractivity contribution < 1.29 is 4.74 Å². The van der Waals surface area contributed by atoms with E-state index in [9.17, 15) is 10.1 Å². The highest BCUT2D eigenvalue weighted by molar-refractivity contribution is 5.98. The third kappa shape index (κ3) is 3.62. The molecular formula is C27H30N6O2. The topological polar surface area (TPSA) is 114 Å². The summed E-state index contributed by atoms with van der Waals surface area (Å²) in [5, 5.41) is 10.5. The third-order valence-corrected chi connectivity index (χ3v) is 7.63. The second-order valence-electron chi connectivity index (χ2n) is 9.69. The molecule has 0 unspecified atom stereocenters. The number of ether oxygens (including phenoxy) is 1. The van der Waals surface area contributed by atoms with E-state index in [-0.39, 0.29) is 5.56 Å². The summed E-state index contributed by atoms with van der Waals surface area (Å²) in [6.45, 7) is 8.01. The fourth-order valence-corrected chi connectivity index (χ4v) is 5.59. The first-order valence-corrected chi connectivity index (χ1v) is 12.7. The number of aromatic amines is 3. The largest absolute Gasteiger partial charge is 0.491 e. The third-order valence-electron chi connectivity index (χ3n) is 7.63. The maximum Gasteiger partial charge on any atom is 0.261 e. The van der Waals surface area contributed by atoms with E-state index in [1.807, 2.05) is 6.92 Å². The average molecular weight is 471 g/mol. The quantitative estimate of drug-likeness (QED) is 0.376. The molecule has 8 heteroatoms. The van der Waals surface area contributed by atoms with Crippen LogP contribution in [0.4, 0.5) is 0 Å². The Labute approximate surface area is 203 Å². The van der Waals surface area contributed by atoms with Crippen LogP contribution in [0.25, 0.3) is 33.3 Å². The van der Waals surface area contributed by atoms with E-state index < -0.39 is 0 Å². The van der Waals surface area contributed by atoms with Gasteiger partial charge in [0.05, 0.1) is 23.2 Å². The van der Waals surface area contributed by atoms with Gasteiger partial charge < -0.3 is 24.6 Å². The van der Waals surface area contributed by atoms with Crippen molar-refractivity contribution in [2.24, 2.45) is 0 Å². The van der Waals surface area contributed by atoms with Crippen molar-refractivity contribution in [1.29, 1.82) is 5.26 Å². The van der Waals surface area contributed by atoms with E-state index in [4.69, 9.17) is 9.72 Å². The minimum atomic E-state index is -0.241. The molecule has 1 aromatic carbocycles. The average Bonchev–Trinajstić information content (AvgIpc) is 3.52. The van der Waals surface area contributed by atoms with Gasteiger partial charge in [0.15, 0.2) is 5.75 Å². The number of hydrogen-bond donors (Lipinski definition) is 3. The molecule has 1 aliphatic heterocycles. The summed E-state index contributed by atoms with van der Waals surface area (Å²) < 4.78 is 6.17. The summed E-state index contributed by atoms with van der Waals surface area (Å²) in [6.07, 6.45) is 5.95. The molecule has 180 valence electrons. The fourth-order valence-electron chi connectivity index (χ4n) is 5.59. The lowest BCUT2D eigenvalue weighted by Crippen LogP contribution is -2.32. The number of likely N-dealkylation sites (tertiary alicyclic amines) is 1. The molecule has 0 spiro atoms. The minimum absolute atomic E-state index is 0.241. The Hall–Kier alpha value is -3.57. The van der Waals surface area contributed by atoms with Crippen LogP contribution in [0.5, 0.6) is 5.75 Å². The summed E-state index contributed by atoms with van der Waals surface area (Å²) in [5.41, 5.74) is 5.19. The highest BCUT2D eigenvalue weighted by atomic mass is 16.5. The lowest BCUT2D eigenvalue weighted by atomic mass is 9.88. The van der Waals surface area contributed by atoms with Crippen molar-refractivity contribution in [2.45, 2.75) is 51.4 Å². The van der Waals surface area contributed by atoms with Gasteiger partial charge in [-0.05, 0) is 69.8 Å². The monoisotopic (exact) mass is 470 g/mol. The Morgan fingerprint density at radius 2 is 1.94 bits per heavy atom. The van der Waals surface area contributed by atoms with Crippen molar-refractivity contribution in [3.8, 4) is 23.2 Å². The Morgan fingerprint density at radius 3 is 2.63 bits per heavy atom. The second-order valence-corrected chi connectivity index (χ2v) is 9.69. The van der Waals surface area contributed by atoms with E-state index in [1.165, 1.54) is 5.56 Å². The number of pyridine rings is 1. The van der Waals surface area contributed by atoms with Crippen LogP contribution in [0.1, 0.15) is 68.2 Å². The van der Waals surface area contributed by atoms with Crippen molar-refractivity contribution in [3.05, 3.63) is 45.5 Å². The fraction of sp³-hybridized carbons (Fsp3) is 0.444. The number of imidazole rings is 1. The van der Waals surface area contributed by atoms with Crippen LogP contribution in [0.3, 0.4) is 0 Å². The van der Waals surface area contributed by atoms with Gasteiger partial charge in [-0.15, -0.1) is 0 Å². The maximum absolute atomic E-state index is 13.0. The van der Waals surface area contributed by atoms with Gasteiger partial charge in [0.25, 0.3) is 5.56 Å². The Kier molecular flexibility index (Phi) is 5.37. The number of piperidine rings is 1. The molecule has 2 fully saturated rings. The van der Waals surface area contributed by atoms with Crippen LogP contribution in [-0.2, 0) is 0 Å². The highest BCUT2D eigenvalue weighted by Gasteiger charge is 2.31. The molecule has 35 heavy (non-hydrogen) atoms. The van der Waals surface area contributed by atoms with E-state index in [0.717, 1.165) is 73.2 Å². The van der Waals surface area contributed by atoms with Crippen LogP contribution >= 0.6 is 0 Å². The zero-order valence-electron chi connectivity index (χ0n) is 20.2. The van der Waals surface area contributed by atoms with Gasteiger partial charge in [0, 0.05) is 23.2 Å². The molecular weight excluding hydrogens is 440 g/mol. The van der Waals surface area contributed by atoms with E-state index in [2.05, 4.69) is 45.0 Å². The number of aromatic nitrogens is 4. The molecule has 8 nitrogen and oxygen atoms in total. The molecule has 1 aliphatic carbocycles. The first-order chi connectivity index (χ1) is 17.1. The van der Waals surface area contributed by atoms with Crippen molar-refractivity contribution in [3.63, 3.8) is 0 Å². The maximum atomic E-state index is 13.0. The summed E-state index contributed by atoms with van der Waals surface area (Å²) in [5.74, 6) is 2.09. The number of H-pyrrole nitrogens is 3. The van der Waals surface area contributed by atoms with Crippen molar-refractivity contribution in [2.75, 3.05) is 26.2 Å². The molecule has 3 N–H and O–H groups in total. The van der Waals surface area contributed by atoms with Crippen molar-refractivity contribution in [1.82, 2.24) is 24.8 Å². The zero-order chi connectivity index (χ0) is 24.1. The van der Waals surface area contributed by atoms with Gasteiger partial charge in [-0.2, -0.15) is 5.26 Å². The van der Waals surface area contributed by atoms with Crippen LogP contribution < -0.4 is 10.3 Å². The summed E-state index contributed by atoms with van der Waals surface area (Å²) >= 11 is 0. The molecule has 1 saturated heterocycles. The van der Waals surface area contributed by atoms with E-state index >= 15 is 0 Å². The van der Waals surface area contributed by atoms with Crippen LogP contribution in [-0.4, -0.2) is 51.1 Å². The van der Waals surface area contributed by atoms with E-state index in [0.29, 0.717) is 40.9 Å². The summed E-state index contributed by atoms with van der Waals surface area (Å²) in [4.78, 5) is 30.0. The standard InChI is InChI=1S/C27H30N6O2/c1-3-33-11-9-15(10-12-33)17-7-8-20-24(25(17)35-4-2)32-26(30-20)21-23-19(14-29-27(21)34)18(13-28)22(31-23)16-5-6-16/h7-8,14-16,31H,3-6,9-12H2,1-2H3,(H,29,34)(H,30,32). The molecule has 0 amide bonds. The number of fused-ring (bicyclic) bond motifs is 2. The minimum Gasteiger partial charge on any atom is -0.491 e. The number of benzene rings is 1. The van der Waals surface area contributed by atoms with Gasteiger partial charge in [-0.3, -0.25) is 4.79 Å². The van der Waals surface area contributed by atoms with Crippen molar-refractivity contribution >= 4 is 21.9 Å². The number of rotatable bonds is 6. The SMILES string of the molecule is CCOc1c(C2CCN(CC)CC2)ccc2[nH]c(-c3c(=O)[nH]cc4c(C#N)c(C5CC5)[nH]c34)nc12. The summed E-state index contributed by atoms with van der Waals surface area (Å²) in [7, 11) is 0. The lowest BCUT2D eigenvalue weighted by molar-refractivity contribution is 0.220. The smallest absolute Gasteiger partial charge is 0.261 e. The van der Waals surface area contributed by atoms with Gasteiger partial charge in [-0.1, -0.05) is 13.0 Å². The number of nitrogens with one attached hydrogen (secondary N) is 3. The molecule has 0 bridgehead atoms. The van der Waals surface area contributed by atoms with Gasteiger partial charge in [-0.25, -0.2) is 4.98 Å². The zero-order valence-corrected chi connectivity index (χ0v) is 20.2. The van der Waals surface area contributed by atoms with Crippen LogP contribution in [0.15, 0.2) is 23.1 Å². The lowest BCUT2D eigenvalue weighted by Gasteiger charge is -2.32. The molecule has 2 aliphatic rings. The number of nitriles is 1. The van der Waals surface area contributed by atoms with Gasteiger partial charge in [0.1, 0.15) is 23.0 Å². The van der Waals surface area contributed by atoms with Gasteiger partial charge in [0.2, 0.25) is 0 Å². The Bertz CT molecular complexity index is 1510. The predicted octanol–water partition coefficient (Wildman–Crippen LogP) is 4.75. The molecule has 0 atom stereocenters. The van der Waals surface area contributed by atoms with Gasteiger partial charge >= 0.3 is 0 Å². The van der Waals surface area contributed by atoms with Crippen LogP contribution in [0.2, 0.25) is 0 Å². The predicted molar refractivity (Wildman–Crippen MR) is 136 cm³/mol. The number of nitrogens with zero attached hydrogens (tertiary/aromatic N) is 3. The molecule has 6 rings (SSSR count). The van der Waals surface area contributed by atoms with Crippen LogP contribution in [0, 0.1) is 11.3 Å². The molecule has 3 aromatic heterocycles.